The van der Waals surface area contributed by atoms with Gasteiger partial charge in [0.2, 0.25) is 0 Å². The fourth-order valence-electron chi connectivity index (χ4n) is 1.35. The first-order valence-corrected chi connectivity index (χ1v) is 4.91. The van der Waals surface area contributed by atoms with Crippen LogP contribution in [0, 0.1) is 5.41 Å². The lowest BCUT2D eigenvalue weighted by Gasteiger charge is -2.16. The van der Waals surface area contributed by atoms with Crippen LogP contribution in [0.2, 0.25) is 0 Å². The highest BCUT2D eigenvalue weighted by Crippen LogP contribution is 2.54. The number of nitrogens with two attached hydrogens (primary N) is 1. The van der Waals surface area contributed by atoms with Crippen molar-refractivity contribution in [1.82, 2.24) is 0 Å². The van der Waals surface area contributed by atoms with Crippen LogP contribution < -0.4 is 5.73 Å². The van der Waals surface area contributed by atoms with E-state index in [1.807, 2.05) is 6.07 Å². The van der Waals surface area contributed by atoms with Crippen LogP contribution >= 0.6 is 15.9 Å². The normalized spacial score (nSPS) is 22.2. The highest BCUT2D eigenvalue weighted by Gasteiger charge is 2.45. The molecule has 1 aromatic rings. The molecule has 1 fully saturated rings. The van der Waals surface area contributed by atoms with Crippen LogP contribution in [0.25, 0.3) is 0 Å². The van der Waals surface area contributed by atoms with Gasteiger partial charge in [-0.3, -0.25) is 0 Å². The fourth-order valence-corrected chi connectivity index (χ4v) is 1.80. The van der Waals surface area contributed by atoms with Gasteiger partial charge >= 0.3 is 0 Å². The molecule has 2 N–H and O–H groups in total. The van der Waals surface area contributed by atoms with E-state index in [1.54, 1.807) is 6.26 Å². The third-order valence-corrected chi connectivity index (χ3v) is 3.37. The van der Waals surface area contributed by atoms with Gasteiger partial charge in [0, 0.05) is 0 Å². The molecule has 0 aromatic carbocycles. The summed E-state index contributed by atoms with van der Waals surface area (Å²) in [6, 6.07) is 1.93. The van der Waals surface area contributed by atoms with E-state index in [0.29, 0.717) is 0 Å². The minimum atomic E-state index is 0.0434. The van der Waals surface area contributed by atoms with E-state index in [1.165, 1.54) is 12.8 Å². The molecule has 0 radical (unpaired) electrons. The van der Waals surface area contributed by atoms with Gasteiger partial charge in [0.15, 0.2) is 0 Å². The SMILES string of the molecule is CC1(C(N)c2occc2Br)CC1. The van der Waals surface area contributed by atoms with E-state index in [0.717, 1.165) is 10.2 Å². The number of furan rings is 1. The molecule has 1 aliphatic rings. The monoisotopic (exact) mass is 229 g/mol. The van der Waals surface area contributed by atoms with Crippen LogP contribution in [0.15, 0.2) is 21.2 Å². The average Bonchev–Trinajstić information content (AvgIpc) is 2.63. The Hall–Kier alpha value is -0.280. The first-order valence-electron chi connectivity index (χ1n) is 4.12. The summed E-state index contributed by atoms with van der Waals surface area (Å²) in [4.78, 5) is 0. The Balaban J connectivity index is 2.25. The zero-order valence-electron chi connectivity index (χ0n) is 7.01. The molecule has 1 unspecified atom stereocenters. The van der Waals surface area contributed by atoms with E-state index >= 15 is 0 Å². The molecule has 0 saturated heterocycles. The molecule has 0 bridgehead atoms. The summed E-state index contributed by atoms with van der Waals surface area (Å²) < 4.78 is 6.31. The van der Waals surface area contributed by atoms with Gasteiger partial charge in [-0.1, -0.05) is 6.92 Å². The summed E-state index contributed by atoms with van der Waals surface area (Å²) in [7, 11) is 0. The van der Waals surface area contributed by atoms with Gasteiger partial charge in [0.25, 0.3) is 0 Å². The maximum Gasteiger partial charge on any atom is 0.135 e. The third-order valence-electron chi connectivity index (χ3n) is 2.72. The molecule has 1 saturated carbocycles. The number of hydrogen-bond donors (Lipinski definition) is 1. The highest BCUT2D eigenvalue weighted by molar-refractivity contribution is 9.10. The second-order valence-corrected chi connectivity index (χ2v) is 4.62. The molecular weight excluding hydrogens is 218 g/mol. The summed E-state index contributed by atoms with van der Waals surface area (Å²) in [6.07, 6.45) is 4.09. The molecule has 1 heterocycles. The van der Waals surface area contributed by atoms with Crippen molar-refractivity contribution in [3.63, 3.8) is 0 Å². The van der Waals surface area contributed by atoms with Crippen molar-refractivity contribution in [1.29, 1.82) is 0 Å². The van der Waals surface area contributed by atoms with Crippen LogP contribution in [-0.4, -0.2) is 0 Å². The number of rotatable bonds is 2. The zero-order valence-corrected chi connectivity index (χ0v) is 8.60. The van der Waals surface area contributed by atoms with Gasteiger partial charge in [0.05, 0.1) is 16.8 Å². The van der Waals surface area contributed by atoms with Crippen LogP contribution in [0.3, 0.4) is 0 Å². The summed E-state index contributed by atoms with van der Waals surface area (Å²) in [5, 5.41) is 0. The lowest BCUT2D eigenvalue weighted by atomic mass is 9.98. The summed E-state index contributed by atoms with van der Waals surface area (Å²) in [6.45, 7) is 2.20. The van der Waals surface area contributed by atoms with E-state index in [4.69, 9.17) is 10.2 Å². The van der Waals surface area contributed by atoms with Crippen molar-refractivity contribution in [3.05, 3.63) is 22.6 Å². The lowest BCUT2D eigenvalue weighted by molar-refractivity contribution is 0.366. The van der Waals surface area contributed by atoms with Gasteiger partial charge in [-0.15, -0.1) is 0 Å². The molecular formula is C9H12BrNO. The van der Waals surface area contributed by atoms with Gasteiger partial charge in [0.1, 0.15) is 5.76 Å². The van der Waals surface area contributed by atoms with E-state index in [-0.39, 0.29) is 11.5 Å². The summed E-state index contributed by atoms with van der Waals surface area (Å²) >= 11 is 3.41. The quantitative estimate of drug-likeness (QED) is 0.848. The van der Waals surface area contributed by atoms with Crippen molar-refractivity contribution in [3.8, 4) is 0 Å². The Bertz CT molecular complexity index is 290. The van der Waals surface area contributed by atoms with Crippen LogP contribution in [0.1, 0.15) is 31.6 Å². The molecule has 0 amide bonds. The second-order valence-electron chi connectivity index (χ2n) is 3.76. The van der Waals surface area contributed by atoms with Gasteiger partial charge in [-0.2, -0.15) is 0 Å². The second kappa shape index (κ2) is 2.60. The number of hydrogen-bond acceptors (Lipinski definition) is 2. The van der Waals surface area contributed by atoms with Crippen molar-refractivity contribution in [2.45, 2.75) is 25.8 Å². The van der Waals surface area contributed by atoms with Crippen molar-refractivity contribution in [2.24, 2.45) is 11.1 Å². The van der Waals surface area contributed by atoms with Crippen molar-refractivity contribution < 1.29 is 4.42 Å². The largest absolute Gasteiger partial charge is 0.466 e. The molecule has 0 spiro atoms. The van der Waals surface area contributed by atoms with Crippen LogP contribution in [-0.2, 0) is 0 Å². The third kappa shape index (κ3) is 1.21. The highest BCUT2D eigenvalue weighted by atomic mass is 79.9. The van der Waals surface area contributed by atoms with Gasteiger partial charge in [-0.05, 0) is 40.3 Å². The Morgan fingerprint density at radius 1 is 1.67 bits per heavy atom. The van der Waals surface area contributed by atoms with Crippen LogP contribution in [0.5, 0.6) is 0 Å². The lowest BCUT2D eigenvalue weighted by Crippen LogP contribution is -2.19. The van der Waals surface area contributed by atoms with E-state index in [9.17, 15) is 0 Å². The Kier molecular flexibility index (Phi) is 1.81. The molecule has 2 nitrogen and oxygen atoms in total. The zero-order chi connectivity index (χ0) is 8.77. The standard InChI is InChI=1S/C9H12BrNO/c1-9(3-4-9)8(11)7-6(10)2-5-12-7/h2,5,8H,3-4,11H2,1H3. The smallest absolute Gasteiger partial charge is 0.135 e. The molecule has 66 valence electrons. The first kappa shape index (κ1) is 8.32. The predicted octanol–water partition coefficient (Wildman–Crippen LogP) is 2.84. The molecule has 1 atom stereocenters. The maximum absolute atomic E-state index is 6.06. The Morgan fingerprint density at radius 3 is 2.75 bits per heavy atom. The van der Waals surface area contributed by atoms with Crippen molar-refractivity contribution in [2.75, 3.05) is 0 Å². The number of halogens is 1. The van der Waals surface area contributed by atoms with Crippen LogP contribution in [0.4, 0.5) is 0 Å². The van der Waals surface area contributed by atoms with Crippen molar-refractivity contribution >= 4 is 15.9 Å². The topological polar surface area (TPSA) is 39.2 Å². The Labute approximate surface area is 80.3 Å². The minimum Gasteiger partial charge on any atom is -0.466 e. The summed E-state index contributed by atoms with van der Waals surface area (Å²) in [5.74, 6) is 0.884. The molecule has 0 aliphatic heterocycles. The first-order chi connectivity index (χ1) is 5.63. The predicted molar refractivity (Wildman–Crippen MR) is 50.7 cm³/mol. The molecule has 1 aliphatic carbocycles. The molecule has 12 heavy (non-hydrogen) atoms. The van der Waals surface area contributed by atoms with Gasteiger partial charge < -0.3 is 10.2 Å². The van der Waals surface area contributed by atoms with E-state index < -0.39 is 0 Å². The molecule has 2 rings (SSSR count). The molecule has 1 aromatic heterocycles. The summed E-state index contributed by atoms with van der Waals surface area (Å²) in [5.41, 5.74) is 6.33. The maximum atomic E-state index is 6.06. The van der Waals surface area contributed by atoms with E-state index in [2.05, 4.69) is 22.9 Å². The molecule has 3 heteroatoms. The Morgan fingerprint density at radius 2 is 2.33 bits per heavy atom. The fraction of sp³-hybridized carbons (Fsp3) is 0.556. The minimum absolute atomic E-state index is 0.0434. The van der Waals surface area contributed by atoms with Gasteiger partial charge in [-0.25, -0.2) is 0 Å². The average molecular weight is 230 g/mol.